The number of fused-ring (bicyclic) bond motifs is 2. The van der Waals surface area contributed by atoms with Gasteiger partial charge in [-0.1, -0.05) is 12.1 Å². The first-order valence-electron chi connectivity index (χ1n) is 9.20. The second-order valence-electron chi connectivity index (χ2n) is 7.17. The minimum atomic E-state index is -0.515. The molecule has 0 atom stereocenters. The number of aryl methyl sites for hydroxylation is 2. The van der Waals surface area contributed by atoms with Crippen LogP contribution in [0.25, 0.3) is 10.9 Å². The third-order valence-electron chi connectivity index (χ3n) is 5.19. The minimum absolute atomic E-state index is 0.000198. The largest absolute Gasteiger partial charge is 0.350 e. The highest BCUT2D eigenvalue weighted by atomic mass is 16.2. The number of pyridine rings is 1. The fourth-order valence-corrected chi connectivity index (χ4v) is 3.43. The Hall–Kier alpha value is -3.74. The number of H-pyrrole nitrogens is 1. The Kier molecular flexibility index (Phi) is 4.50. The molecule has 3 aromatic rings. The zero-order valence-electron chi connectivity index (χ0n) is 16.0. The van der Waals surface area contributed by atoms with Gasteiger partial charge in [-0.25, -0.2) is 0 Å². The van der Waals surface area contributed by atoms with Gasteiger partial charge in [0, 0.05) is 17.6 Å². The normalized spacial score (nSPS) is 13.1. The SMILES string of the molecule is Cc1cc2cc(CNC(=O)CN3C(=O)c4ccccc4C3=O)c(=O)[nH]c2cc1C. The highest BCUT2D eigenvalue weighted by molar-refractivity contribution is 6.22. The second kappa shape index (κ2) is 7.01. The van der Waals surface area contributed by atoms with Gasteiger partial charge in [-0.05, 0) is 60.7 Å². The molecule has 0 unspecified atom stereocenters. The maximum absolute atomic E-state index is 12.3. The van der Waals surface area contributed by atoms with E-state index in [-0.39, 0.29) is 12.1 Å². The van der Waals surface area contributed by atoms with Crippen molar-refractivity contribution < 1.29 is 14.4 Å². The van der Waals surface area contributed by atoms with Crippen LogP contribution >= 0.6 is 0 Å². The highest BCUT2D eigenvalue weighted by Gasteiger charge is 2.36. The molecule has 4 rings (SSSR count). The van der Waals surface area contributed by atoms with Gasteiger partial charge < -0.3 is 10.3 Å². The van der Waals surface area contributed by atoms with Crippen LogP contribution in [0.2, 0.25) is 0 Å². The van der Waals surface area contributed by atoms with E-state index in [1.807, 2.05) is 26.0 Å². The number of carbonyl (C=O) groups excluding carboxylic acids is 3. The summed E-state index contributed by atoms with van der Waals surface area (Å²) < 4.78 is 0. The number of carbonyl (C=O) groups is 3. The van der Waals surface area contributed by atoms with E-state index >= 15 is 0 Å². The Labute approximate surface area is 166 Å². The third-order valence-corrected chi connectivity index (χ3v) is 5.19. The van der Waals surface area contributed by atoms with Gasteiger partial charge >= 0.3 is 0 Å². The summed E-state index contributed by atoms with van der Waals surface area (Å²) in [5, 5.41) is 3.49. The van der Waals surface area contributed by atoms with E-state index in [1.54, 1.807) is 30.3 Å². The molecule has 0 spiro atoms. The predicted molar refractivity (Wildman–Crippen MR) is 108 cm³/mol. The van der Waals surface area contributed by atoms with Crippen molar-refractivity contribution in [2.45, 2.75) is 20.4 Å². The van der Waals surface area contributed by atoms with Crippen LogP contribution in [0.1, 0.15) is 37.4 Å². The van der Waals surface area contributed by atoms with Gasteiger partial charge in [-0.2, -0.15) is 0 Å². The lowest BCUT2D eigenvalue weighted by molar-refractivity contribution is -0.121. The summed E-state index contributed by atoms with van der Waals surface area (Å²) in [6.45, 7) is 3.57. The molecule has 0 saturated heterocycles. The smallest absolute Gasteiger partial charge is 0.262 e. The number of hydrogen-bond acceptors (Lipinski definition) is 4. The number of amides is 3. The monoisotopic (exact) mass is 389 g/mol. The van der Waals surface area contributed by atoms with Crippen molar-refractivity contribution in [3.63, 3.8) is 0 Å². The molecule has 1 aromatic heterocycles. The number of aromatic nitrogens is 1. The minimum Gasteiger partial charge on any atom is -0.350 e. The second-order valence-corrected chi connectivity index (χ2v) is 7.17. The fourth-order valence-electron chi connectivity index (χ4n) is 3.43. The lowest BCUT2D eigenvalue weighted by Gasteiger charge is -2.13. The van der Waals surface area contributed by atoms with Crippen LogP contribution in [0.5, 0.6) is 0 Å². The van der Waals surface area contributed by atoms with Gasteiger partial charge in [0.2, 0.25) is 5.91 Å². The van der Waals surface area contributed by atoms with E-state index < -0.39 is 24.3 Å². The molecule has 7 nitrogen and oxygen atoms in total. The van der Waals surface area contributed by atoms with Crippen LogP contribution in [0.4, 0.5) is 0 Å². The van der Waals surface area contributed by atoms with Crippen LogP contribution in [-0.4, -0.2) is 34.2 Å². The van der Waals surface area contributed by atoms with E-state index in [4.69, 9.17) is 0 Å². The number of nitrogens with one attached hydrogen (secondary N) is 2. The predicted octanol–water partition coefficient (Wildman–Crippen LogP) is 2.06. The lowest BCUT2D eigenvalue weighted by Crippen LogP contribution is -2.40. The van der Waals surface area contributed by atoms with Gasteiger partial charge in [-0.3, -0.25) is 24.1 Å². The quantitative estimate of drug-likeness (QED) is 0.667. The average Bonchev–Trinajstić information content (AvgIpc) is 2.93. The summed E-state index contributed by atoms with van der Waals surface area (Å²) in [5.41, 5.74) is 3.61. The van der Waals surface area contributed by atoms with Crippen molar-refractivity contribution in [2.24, 2.45) is 0 Å². The highest BCUT2D eigenvalue weighted by Crippen LogP contribution is 2.22. The van der Waals surface area contributed by atoms with Crippen molar-refractivity contribution >= 4 is 28.6 Å². The molecule has 0 fully saturated rings. The topological polar surface area (TPSA) is 99.3 Å². The molecule has 0 aliphatic carbocycles. The molecular formula is C22H19N3O4. The van der Waals surface area contributed by atoms with Gasteiger partial charge in [0.1, 0.15) is 6.54 Å². The molecule has 3 amide bonds. The van der Waals surface area contributed by atoms with E-state index in [0.717, 1.165) is 26.9 Å². The first kappa shape index (κ1) is 18.6. The Morgan fingerprint density at radius 2 is 1.59 bits per heavy atom. The zero-order chi connectivity index (χ0) is 20.7. The van der Waals surface area contributed by atoms with Gasteiger partial charge in [0.15, 0.2) is 0 Å². The number of rotatable bonds is 4. The molecule has 0 radical (unpaired) electrons. The number of nitrogens with zero attached hydrogens (tertiary/aromatic N) is 1. The maximum Gasteiger partial charge on any atom is 0.262 e. The van der Waals surface area contributed by atoms with E-state index in [1.165, 1.54) is 0 Å². The number of benzene rings is 2. The van der Waals surface area contributed by atoms with E-state index in [0.29, 0.717) is 16.7 Å². The molecular weight excluding hydrogens is 370 g/mol. The summed E-state index contributed by atoms with van der Waals surface area (Å²) in [5.74, 6) is -1.50. The van der Waals surface area contributed by atoms with Crippen LogP contribution in [0.3, 0.4) is 0 Å². The number of hydrogen-bond donors (Lipinski definition) is 2. The fraction of sp³-hybridized carbons (Fsp3) is 0.182. The molecule has 29 heavy (non-hydrogen) atoms. The summed E-state index contributed by atoms with van der Waals surface area (Å²) in [6, 6.07) is 12.1. The van der Waals surface area contributed by atoms with Crippen LogP contribution < -0.4 is 10.9 Å². The summed E-state index contributed by atoms with van der Waals surface area (Å²) in [7, 11) is 0. The van der Waals surface area contributed by atoms with E-state index in [9.17, 15) is 19.2 Å². The molecule has 1 aliphatic rings. The molecule has 0 saturated carbocycles. The van der Waals surface area contributed by atoms with Crippen molar-refractivity contribution in [2.75, 3.05) is 6.54 Å². The molecule has 2 aromatic carbocycles. The van der Waals surface area contributed by atoms with Crippen LogP contribution in [0.15, 0.2) is 47.3 Å². The Bertz CT molecular complexity index is 1210. The van der Waals surface area contributed by atoms with Gasteiger partial charge in [0.05, 0.1) is 11.1 Å². The maximum atomic E-state index is 12.3. The van der Waals surface area contributed by atoms with Crippen LogP contribution in [0, 0.1) is 13.8 Å². The van der Waals surface area contributed by atoms with Crippen LogP contribution in [-0.2, 0) is 11.3 Å². The number of aromatic amines is 1. The third kappa shape index (κ3) is 3.31. The van der Waals surface area contributed by atoms with Crippen molar-refractivity contribution in [3.8, 4) is 0 Å². The molecule has 1 aliphatic heterocycles. The molecule has 7 heteroatoms. The summed E-state index contributed by atoms with van der Waals surface area (Å²) >= 11 is 0. The number of imide groups is 1. The van der Waals surface area contributed by atoms with Crippen molar-refractivity contribution in [1.29, 1.82) is 0 Å². The molecule has 146 valence electrons. The molecule has 0 bridgehead atoms. The van der Waals surface area contributed by atoms with Gasteiger partial charge in [-0.15, -0.1) is 0 Å². The van der Waals surface area contributed by atoms with Crippen molar-refractivity contribution in [3.05, 3.63) is 80.6 Å². The first-order chi connectivity index (χ1) is 13.8. The Balaban J connectivity index is 1.47. The van der Waals surface area contributed by atoms with E-state index in [2.05, 4.69) is 10.3 Å². The molecule has 2 N–H and O–H groups in total. The lowest BCUT2D eigenvalue weighted by atomic mass is 10.1. The summed E-state index contributed by atoms with van der Waals surface area (Å²) in [6.07, 6.45) is 0. The molecule has 2 heterocycles. The Morgan fingerprint density at radius 3 is 2.24 bits per heavy atom. The van der Waals surface area contributed by atoms with Crippen molar-refractivity contribution in [1.82, 2.24) is 15.2 Å². The standard InChI is InChI=1S/C22H19N3O4/c1-12-7-14-9-15(20(27)24-18(14)8-13(12)2)10-23-19(26)11-25-21(28)16-5-3-4-6-17(16)22(25)29/h3-9H,10-11H2,1-2H3,(H,23,26)(H,24,27). The van der Waals surface area contributed by atoms with Gasteiger partial charge in [0.25, 0.3) is 17.4 Å². The Morgan fingerprint density at radius 1 is 0.966 bits per heavy atom. The summed E-state index contributed by atoms with van der Waals surface area (Å²) in [4.78, 5) is 53.1. The zero-order valence-corrected chi connectivity index (χ0v) is 16.0. The first-order valence-corrected chi connectivity index (χ1v) is 9.20. The average molecular weight is 389 g/mol.